The molecule has 27 heavy (non-hydrogen) atoms. The number of pyridine rings is 1. The van der Waals surface area contributed by atoms with Gasteiger partial charge in [0.05, 0.1) is 18.8 Å². The number of ether oxygens (including phenoxy) is 1. The fourth-order valence-electron chi connectivity index (χ4n) is 5.01. The molecule has 4 nitrogen and oxygen atoms in total. The van der Waals surface area contributed by atoms with E-state index < -0.39 is 0 Å². The largest absolute Gasteiger partial charge is 0.376 e. The van der Waals surface area contributed by atoms with Gasteiger partial charge in [-0.2, -0.15) is 0 Å². The minimum absolute atomic E-state index is 0.0952. The molecular weight excluding hydrogens is 356 g/mol. The summed E-state index contributed by atoms with van der Waals surface area (Å²) >= 11 is 1.65. The molecule has 1 aliphatic heterocycles. The van der Waals surface area contributed by atoms with Gasteiger partial charge in [0.15, 0.2) is 0 Å². The second-order valence-corrected chi connectivity index (χ2v) is 9.52. The minimum Gasteiger partial charge on any atom is -0.376 e. The molecule has 1 N–H and O–H groups in total. The van der Waals surface area contributed by atoms with Crippen molar-refractivity contribution in [1.82, 2.24) is 9.29 Å². The summed E-state index contributed by atoms with van der Waals surface area (Å²) in [6, 6.07) is 4.48. The maximum absolute atomic E-state index is 12.8. The first-order chi connectivity index (χ1) is 13.2. The normalized spacial score (nSPS) is 30.9. The highest BCUT2D eigenvalue weighted by Crippen LogP contribution is 2.40. The SMILES string of the molecule is CSNC1CCc2ccc(C)c(=O)n2C1COC1CCC(CC2CC2)CC1. The van der Waals surface area contributed by atoms with Crippen LogP contribution in [0.5, 0.6) is 0 Å². The van der Waals surface area contributed by atoms with E-state index in [9.17, 15) is 4.79 Å². The molecule has 0 aromatic carbocycles. The highest BCUT2D eigenvalue weighted by molar-refractivity contribution is 7.96. The number of fused-ring (bicyclic) bond motifs is 1. The van der Waals surface area contributed by atoms with Gasteiger partial charge in [-0.3, -0.25) is 9.52 Å². The van der Waals surface area contributed by atoms with Crippen LogP contribution in [-0.4, -0.2) is 29.6 Å². The zero-order chi connectivity index (χ0) is 18.8. The third-order valence-electron chi connectivity index (χ3n) is 6.83. The third-order valence-corrected chi connectivity index (χ3v) is 7.37. The predicted molar refractivity (Wildman–Crippen MR) is 112 cm³/mol. The summed E-state index contributed by atoms with van der Waals surface area (Å²) in [7, 11) is 0. The summed E-state index contributed by atoms with van der Waals surface area (Å²) in [6.45, 7) is 2.56. The minimum atomic E-state index is 0.0952. The Bertz CT molecular complexity index is 692. The summed E-state index contributed by atoms with van der Waals surface area (Å²) in [4.78, 5) is 12.8. The van der Waals surface area contributed by atoms with Crippen LogP contribution < -0.4 is 10.3 Å². The molecule has 5 heteroatoms. The number of aromatic nitrogens is 1. The summed E-state index contributed by atoms with van der Waals surface area (Å²) in [5.74, 6) is 1.98. The van der Waals surface area contributed by atoms with Crippen molar-refractivity contribution in [3.05, 3.63) is 33.7 Å². The van der Waals surface area contributed by atoms with E-state index in [1.54, 1.807) is 11.9 Å². The average molecular weight is 391 g/mol. The topological polar surface area (TPSA) is 43.3 Å². The number of nitrogens with zero attached hydrogens (tertiary/aromatic N) is 1. The van der Waals surface area contributed by atoms with E-state index in [0.717, 1.165) is 35.9 Å². The van der Waals surface area contributed by atoms with Gasteiger partial charge in [-0.05, 0) is 76.0 Å². The number of nitrogens with one attached hydrogen (secondary N) is 1. The Labute approximate surface area is 167 Å². The van der Waals surface area contributed by atoms with Crippen LogP contribution in [0, 0.1) is 18.8 Å². The lowest BCUT2D eigenvalue weighted by atomic mass is 9.84. The van der Waals surface area contributed by atoms with Crippen LogP contribution in [0.2, 0.25) is 0 Å². The molecule has 2 aliphatic carbocycles. The van der Waals surface area contributed by atoms with E-state index in [0.29, 0.717) is 18.8 Å². The quantitative estimate of drug-likeness (QED) is 0.707. The number of hydrogen-bond donors (Lipinski definition) is 1. The number of rotatable bonds is 7. The number of aryl methyl sites for hydroxylation is 2. The fraction of sp³-hybridized carbons (Fsp3) is 0.773. The van der Waals surface area contributed by atoms with Gasteiger partial charge >= 0.3 is 0 Å². The van der Waals surface area contributed by atoms with Crippen molar-refractivity contribution in [2.75, 3.05) is 12.9 Å². The lowest BCUT2D eigenvalue weighted by Crippen LogP contribution is -2.46. The van der Waals surface area contributed by atoms with Crippen LogP contribution in [-0.2, 0) is 11.2 Å². The van der Waals surface area contributed by atoms with Crippen LogP contribution in [0.15, 0.2) is 16.9 Å². The summed E-state index contributed by atoms with van der Waals surface area (Å²) in [5.41, 5.74) is 2.14. The number of hydrogen-bond acceptors (Lipinski definition) is 4. The lowest BCUT2D eigenvalue weighted by molar-refractivity contribution is -0.00754. The van der Waals surface area contributed by atoms with Gasteiger partial charge in [-0.25, -0.2) is 0 Å². The van der Waals surface area contributed by atoms with Crippen molar-refractivity contribution < 1.29 is 4.74 Å². The molecule has 1 aromatic rings. The molecule has 2 atom stereocenters. The van der Waals surface area contributed by atoms with Crippen molar-refractivity contribution >= 4 is 11.9 Å². The standard InChI is InChI=1S/C22H34N2O2S/c1-15-3-8-18-9-12-20(23-27-2)21(24(18)22(15)25)14-26-19-10-6-17(7-11-19)13-16-4-5-16/h3,8,16-17,19-21,23H,4-7,9-14H2,1-2H3. The molecule has 2 saturated carbocycles. The molecule has 3 aliphatic rings. The average Bonchev–Trinajstić information content (AvgIpc) is 3.49. The van der Waals surface area contributed by atoms with E-state index in [-0.39, 0.29) is 11.6 Å². The smallest absolute Gasteiger partial charge is 0.254 e. The van der Waals surface area contributed by atoms with E-state index in [1.165, 1.54) is 44.9 Å². The molecule has 0 radical (unpaired) electrons. The molecule has 2 unspecified atom stereocenters. The van der Waals surface area contributed by atoms with Gasteiger partial charge < -0.3 is 9.30 Å². The van der Waals surface area contributed by atoms with E-state index in [1.807, 2.05) is 17.6 Å². The second-order valence-electron chi connectivity index (χ2n) is 8.87. The van der Waals surface area contributed by atoms with Crippen LogP contribution in [0.4, 0.5) is 0 Å². The van der Waals surface area contributed by atoms with E-state index >= 15 is 0 Å². The Morgan fingerprint density at radius 2 is 1.81 bits per heavy atom. The lowest BCUT2D eigenvalue weighted by Gasteiger charge is -2.37. The molecular formula is C22H34N2O2S. The van der Waals surface area contributed by atoms with E-state index in [4.69, 9.17) is 4.74 Å². The Morgan fingerprint density at radius 3 is 2.48 bits per heavy atom. The van der Waals surface area contributed by atoms with Gasteiger partial charge in [0, 0.05) is 17.3 Å². The highest BCUT2D eigenvalue weighted by atomic mass is 32.2. The molecule has 4 rings (SSSR count). The third kappa shape index (κ3) is 4.63. The van der Waals surface area contributed by atoms with Gasteiger partial charge in [0.2, 0.25) is 0 Å². The first-order valence-corrected chi connectivity index (χ1v) is 12.0. The van der Waals surface area contributed by atoms with Gasteiger partial charge in [-0.1, -0.05) is 30.9 Å². The van der Waals surface area contributed by atoms with Crippen LogP contribution in [0.1, 0.15) is 68.7 Å². The van der Waals surface area contributed by atoms with Crippen molar-refractivity contribution in [3.63, 3.8) is 0 Å². The van der Waals surface area contributed by atoms with Gasteiger partial charge in [0.25, 0.3) is 5.56 Å². The van der Waals surface area contributed by atoms with Crippen molar-refractivity contribution in [1.29, 1.82) is 0 Å². The second kappa shape index (κ2) is 8.71. The first kappa shape index (κ1) is 19.5. The summed E-state index contributed by atoms with van der Waals surface area (Å²) in [6.07, 6.45) is 13.9. The molecule has 2 heterocycles. The Morgan fingerprint density at radius 1 is 1.11 bits per heavy atom. The predicted octanol–water partition coefficient (Wildman–Crippen LogP) is 4.26. The zero-order valence-electron chi connectivity index (χ0n) is 16.8. The van der Waals surface area contributed by atoms with Crippen LogP contribution in [0.3, 0.4) is 0 Å². The Balaban J connectivity index is 1.40. The van der Waals surface area contributed by atoms with Crippen molar-refractivity contribution in [3.8, 4) is 0 Å². The summed E-state index contributed by atoms with van der Waals surface area (Å²) in [5, 5.41) is 0. The summed E-state index contributed by atoms with van der Waals surface area (Å²) < 4.78 is 12.0. The van der Waals surface area contributed by atoms with Crippen molar-refractivity contribution in [2.45, 2.75) is 82.9 Å². The molecule has 0 amide bonds. The van der Waals surface area contributed by atoms with Gasteiger partial charge in [-0.15, -0.1) is 0 Å². The fourth-order valence-corrected chi connectivity index (χ4v) is 5.59. The maximum Gasteiger partial charge on any atom is 0.254 e. The molecule has 0 spiro atoms. The first-order valence-electron chi connectivity index (χ1n) is 10.8. The maximum atomic E-state index is 12.8. The van der Waals surface area contributed by atoms with Crippen LogP contribution >= 0.6 is 11.9 Å². The Kier molecular flexibility index (Phi) is 6.30. The molecule has 0 bridgehead atoms. The van der Waals surface area contributed by atoms with Crippen LogP contribution in [0.25, 0.3) is 0 Å². The van der Waals surface area contributed by atoms with E-state index in [2.05, 4.69) is 17.0 Å². The zero-order valence-corrected chi connectivity index (χ0v) is 17.6. The molecule has 150 valence electrons. The molecule has 2 fully saturated rings. The van der Waals surface area contributed by atoms with Crippen molar-refractivity contribution in [2.24, 2.45) is 11.8 Å². The van der Waals surface area contributed by atoms with Gasteiger partial charge in [0.1, 0.15) is 0 Å². The molecule has 0 saturated heterocycles. The molecule has 1 aromatic heterocycles. The highest BCUT2D eigenvalue weighted by Gasteiger charge is 2.33. The monoisotopic (exact) mass is 390 g/mol. The Hall–Kier alpha value is -0.780.